The van der Waals surface area contributed by atoms with E-state index in [9.17, 15) is 0 Å². The molecule has 0 fully saturated rings. The van der Waals surface area contributed by atoms with Crippen LogP contribution in [-0.4, -0.2) is 11.7 Å². The SMILES string of the molecule is ClC1=Nc2ccccc2N(c2ccccc2)C1. The van der Waals surface area contributed by atoms with E-state index in [2.05, 4.69) is 28.1 Å². The number of fused-ring (bicyclic) bond motifs is 1. The van der Waals surface area contributed by atoms with Gasteiger partial charge in [0.2, 0.25) is 0 Å². The van der Waals surface area contributed by atoms with Crippen molar-refractivity contribution in [2.75, 3.05) is 11.4 Å². The van der Waals surface area contributed by atoms with E-state index in [1.807, 2.05) is 36.4 Å². The third kappa shape index (κ3) is 1.92. The van der Waals surface area contributed by atoms with Gasteiger partial charge in [0.1, 0.15) is 5.17 Å². The zero-order chi connectivity index (χ0) is 11.7. The molecule has 0 bridgehead atoms. The monoisotopic (exact) mass is 242 g/mol. The van der Waals surface area contributed by atoms with Crippen LogP contribution in [0.15, 0.2) is 59.6 Å². The quantitative estimate of drug-likeness (QED) is 0.735. The van der Waals surface area contributed by atoms with Crippen LogP contribution in [0.2, 0.25) is 0 Å². The maximum Gasteiger partial charge on any atom is 0.126 e. The standard InChI is InChI=1S/C14H11ClN2/c15-14-10-17(11-6-2-1-3-7-11)13-9-5-4-8-12(13)16-14/h1-9H,10H2. The van der Waals surface area contributed by atoms with Crippen molar-refractivity contribution in [1.29, 1.82) is 0 Å². The molecule has 17 heavy (non-hydrogen) atoms. The lowest BCUT2D eigenvalue weighted by atomic mass is 10.2. The molecule has 2 aromatic rings. The zero-order valence-corrected chi connectivity index (χ0v) is 9.93. The smallest absolute Gasteiger partial charge is 0.126 e. The first-order valence-corrected chi connectivity index (χ1v) is 5.87. The van der Waals surface area contributed by atoms with E-state index in [0.29, 0.717) is 11.7 Å². The van der Waals surface area contributed by atoms with Gasteiger partial charge in [0, 0.05) is 5.69 Å². The van der Waals surface area contributed by atoms with Crippen molar-refractivity contribution >= 4 is 33.8 Å². The summed E-state index contributed by atoms with van der Waals surface area (Å²) in [5, 5.41) is 0.618. The predicted octanol–water partition coefficient (Wildman–Crippen LogP) is 4.11. The molecule has 0 aliphatic carbocycles. The van der Waals surface area contributed by atoms with E-state index >= 15 is 0 Å². The van der Waals surface area contributed by atoms with Crippen LogP contribution in [0.3, 0.4) is 0 Å². The van der Waals surface area contributed by atoms with Crippen molar-refractivity contribution in [3.8, 4) is 0 Å². The van der Waals surface area contributed by atoms with E-state index in [1.165, 1.54) is 0 Å². The second kappa shape index (κ2) is 4.22. The molecule has 1 aliphatic heterocycles. The first-order chi connectivity index (χ1) is 8.34. The Labute approximate surface area is 105 Å². The van der Waals surface area contributed by atoms with Crippen LogP contribution in [0, 0.1) is 0 Å². The van der Waals surface area contributed by atoms with Gasteiger partial charge in [0.05, 0.1) is 17.9 Å². The fourth-order valence-corrected chi connectivity index (χ4v) is 2.22. The Hall–Kier alpha value is -1.80. The van der Waals surface area contributed by atoms with Crippen LogP contribution >= 0.6 is 11.6 Å². The van der Waals surface area contributed by atoms with Gasteiger partial charge >= 0.3 is 0 Å². The molecule has 0 N–H and O–H groups in total. The molecule has 0 atom stereocenters. The summed E-state index contributed by atoms with van der Waals surface area (Å²) in [6.45, 7) is 0.628. The summed E-state index contributed by atoms with van der Waals surface area (Å²) < 4.78 is 0. The Morgan fingerprint density at radius 1 is 0.941 bits per heavy atom. The summed E-state index contributed by atoms with van der Waals surface area (Å²) in [5.41, 5.74) is 3.16. The van der Waals surface area contributed by atoms with Crippen LogP contribution in [0.1, 0.15) is 0 Å². The zero-order valence-electron chi connectivity index (χ0n) is 9.18. The molecule has 1 aliphatic rings. The number of nitrogens with zero attached hydrogens (tertiary/aromatic N) is 2. The van der Waals surface area contributed by atoms with Gasteiger partial charge in [0.25, 0.3) is 0 Å². The van der Waals surface area contributed by atoms with E-state index in [0.717, 1.165) is 17.1 Å². The first-order valence-electron chi connectivity index (χ1n) is 5.49. The summed E-state index contributed by atoms with van der Waals surface area (Å²) >= 11 is 6.10. The van der Waals surface area contributed by atoms with Crippen molar-refractivity contribution in [2.45, 2.75) is 0 Å². The normalized spacial score (nSPS) is 14.2. The predicted molar refractivity (Wildman–Crippen MR) is 72.8 cm³/mol. The Morgan fingerprint density at radius 2 is 1.65 bits per heavy atom. The minimum Gasteiger partial charge on any atom is -0.333 e. The Morgan fingerprint density at radius 3 is 2.47 bits per heavy atom. The molecule has 0 saturated carbocycles. The lowest BCUT2D eigenvalue weighted by Crippen LogP contribution is -2.25. The van der Waals surface area contributed by atoms with E-state index in [-0.39, 0.29) is 0 Å². The highest BCUT2D eigenvalue weighted by Crippen LogP contribution is 2.36. The number of benzene rings is 2. The van der Waals surface area contributed by atoms with E-state index < -0.39 is 0 Å². The van der Waals surface area contributed by atoms with Gasteiger partial charge in [-0.05, 0) is 24.3 Å². The average Bonchev–Trinajstić information content (AvgIpc) is 2.39. The molecular formula is C14H11ClN2. The fourth-order valence-electron chi connectivity index (χ4n) is 2.01. The van der Waals surface area contributed by atoms with E-state index in [4.69, 9.17) is 11.6 Å². The highest BCUT2D eigenvalue weighted by Gasteiger charge is 2.18. The Bertz CT molecular complexity index is 563. The average molecular weight is 243 g/mol. The van der Waals surface area contributed by atoms with Crippen molar-refractivity contribution in [3.63, 3.8) is 0 Å². The molecule has 3 heteroatoms. The Kier molecular flexibility index (Phi) is 2.57. The molecule has 0 amide bonds. The summed E-state index contributed by atoms with van der Waals surface area (Å²) in [7, 11) is 0. The van der Waals surface area contributed by atoms with E-state index in [1.54, 1.807) is 0 Å². The number of hydrogen-bond donors (Lipinski definition) is 0. The van der Waals surface area contributed by atoms with Crippen LogP contribution in [-0.2, 0) is 0 Å². The van der Waals surface area contributed by atoms with Crippen LogP contribution in [0.25, 0.3) is 0 Å². The van der Waals surface area contributed by atoms with Gasteiger partial charge in [-0.15, -0.1) is 0 Å². The van der Waals surface area contributed by atoms with Crippen LogP contribution in [0.5, 0.6) is 0 Å². The summed E-state index contributed by atoms with van der Waals surface area (Å²) in [5.74, 6) is 0. The summed E-state index contributed by atoms with van der Waals surface area (Å²) in [4.78, 5) is 6.53. The van der Waals surface area contributed by atoms with Gasteiger partial charge < -0.3 is 4.90 Å². The van der Waals surface area contributed by atoms with Crippen molar-refractivity contribution < 1.29 is 0 Å². The molecule has 3 rings (SSSR count). The first kappa shape index (κ1) is 10.4. The van der Waals surface area contributed by atoms with Gasteiger partial charge in [-0.25, -0.2) is 4.99 Å². The lowest BCUT2D eigenvalue weighted by molar-refractivity contribution is 1.11. The molecule has 1 heterocycles. The van der Waals surface area contributed by atoms with Gasteiger partial charge in [0.15, 0.2) is 0 Å². The third-order valence-corrected chi connectivity index (χ3v) is 2.97. The second-order valence-corrected chi connectivity index (χ2v) is 4.33. The fraction of sp³-hybridized carbons (Fsp3) is 0.0714. The highest BCUT2D eigenvalue weighted by molar-refractivity contribution is 6.66. The molecule has 0 radical (unpaired) electrons. The molecule has 84 valence electrons. The Balaban J connectivity index is 2.11. The van der Waals surface area contributed by atoms with Crippen molar-refractivity contribution in [3.05, 3.63) is 54.6 Å². The molecule has 0 aromatic heterocycles. The number of aliphatic imine (C=N–C) groups is 1. The molecule has 2 aromatic carbocycles. The number of anilines is 2. The van der Waals surface area contributed by atoms with Crippen LogP contribution in [0.4, 0.5) is 17.1 Å². The van der Waals surface area contributed by atoms with Crippen molar-refractivity contribution in [1.82, 2.24) is 0 Å². The highest BCUT2D eigenvalue weighted by atomic mass is 35.5. The summed E-state index contributed by atoms with van der Waals surface area (Å²) in [6.07, 6.45) is 0. The molecular weight excluding hydrogens is 232 g/mol. The molecule has 0 unspecified atom stereocenters. The second-order valence-electron chi connectivity index (χ2n) is 3.90. The number of hydrogen-bond acceptors (Lipinski definition) is 2. The van der Waals surface area contributed by atoms with Gasteiger partial charge in [-0.3, -0.25) is 0 Å². The minimum absolute atomic E-state index is 0.618. The minimum atomic E-state index is 0.618. The summed E-state index contributed by atoms with van der Waals surface area (Å²) in [6, 6.07) is 18.2. The number of para-hydroxylation sites is 3. The molecule has 0 saturated heterocycles. The maximum absolute atomic E-state index is 6.10. The molecule has 2 nitrogen and oxygen atoms in total. The number of rotatable bonds is 1. The third-order valence-electron chi connectivity index (χ3n) is 2.77. The van der Waals surface area contributed by atoms with Crippen molar-refractivity contribution in [2.24, 2.45) is 4.99 Å². The maximum atomic E-state index is 6.10. The van der Waals surface area contributed by atoms with Crippen LogP contribution < -0.4 is 4.90 Å². The van der Waals surface area contributed by atoms with Gasteiger partial charge in [-0.1, -0.05) is 41.9 Å². The largest absolute Gasteiger partial charge is 0.333 e. The van der Waals surface area contributed by atoms with Gasteiger partial charge in [-0.2, -0.15) is 0 Å². The number of halogens is 1. The molecule has 0 spiro atoms. The lowest BCUT2D eigenvalue weighted by Gasteiger charge is -2.28. The topological polar surface area (TPSA) is 15.6 Å².